The molecule has 0 saturated heterocycles. The van der Waals surface area contributed by atoms with Crippen molar-refractivity contribution in [2.75, 3.05) is 19.0 Å². The highest BCUT2D eigenvalue weighted by Gasteiger charge is 1.96. The molecular weight excluding hydrogens is 256 g/mol. The standard InChI is InChI=1S/C12H17BrO2/c1-14-11-6-5-7-12(10-11)15-9-4-2-3-8-13/h5-7,10H,2-4,8-9H2,1H3. The monoisotopic (exact) mass is 272 g/mol. The fraction of sp³-hybridized carbons (Fsp3) is 0.500. The molecule has 3 heteroatoms. The van der Waals surface area contributed by atoms with Crippen molar-refractivity contribution in [1.29, 1.82) is 0 Å². The van der Waals surface area contributed by atoms with E-state index in [2.05, 4.69) is 15.9 Å². The van der Waals surface area contributed by atoms with Crippen LogP contribution in [0.2, 0.25) is 0 Å². The Morgan fingerprint density at radius 2 is 1.93 bits per heavy atom. The molecule has 1 rings (SSSR count). The molecule has 0 N–H and O–H groups in total. The quantitative estimate of drug-likeness (QED) is 0.557. The van der Waals surface area contributed by atoms with Crippen molar-refractivity contribution in [3.8, 4) is 11.5 Å². The lowest BCUT2D eigenvalue weighted by Gasteiger charge is -2.07. The van der Waals surface area contributed by atoms with Crippen molar-refractivity contribution in [2.45, 2.75) is 19.3 Å². The molecule has 0 saturated carbocycles. The van der Waals surface area contributed by atoms with Crippen LogP contribution in [0.4, 0.5) is 0 Å². The van der Waals surface area contributed by atoms with Gasteiger partial charge in [-0.15, -0.1) is 0 Å². The van der Waals surface area contributed by atoms with Crippen LogP contribution in [0.15, 0.2) is 24.3 Å². The highest BCUT2D eigenvalue weighted by atomic mass is 79.9. The van der Waals surface area contributed by atoms with Gasteiger partial charge in [0.15, 0.2) is 0 Å². The molecule has 2 nitrogen and oxygen atoms in total. The number of hydrogen-bond donors (Lipinski definition) is 0. The predicted octanol–water partition coefficient (Wildman–Crippen LogP) is 3.64. The number of ether oxygens (including phenoxy) is 2. The van der Waals surface area contributed by atoms with Gasteiger partial charge in [0.25, 0.3) is 0 Å². The number of unbranched alkanes of at least 4 members (excludes halogenated alkanes) is 2. The Morgan fingerprint density at radius 3 is 2.67 bits per heavy atom. The van der Waals surface area contributed by atoms with Crippen LogP contribution in [0.1, 0.15) is 19.3 Å². The minimum absolute atomic E-state index is 0.778. The summed E-state index contributed by atoms with van der Waals surface area (Å²) in [6.45, 7) is 0.778. The molecular formula is C12H17BrO2. The summed E-state index contributed by atoms with van der Waals surface area (Å²) in [5.74, 6) is 1.72. The molecule has 0 heterocycles. The van der Waals surface area contributed by atoms with Gasteiger partial charge in [0, 0.05) is 11.4 Å². The zero-order chi connectivity index (χ0) is 10.9. The van der Waals surface area contributed by atoms with Crippen LogP contribution in [-0.2, 0) is 0 Å². The lowest BCUT2D eigenvalue weighted by atomic mass is 10.3. The topological polar surface area (TPSA) is 18.5 Å². The molecule has 84 valence electrons. The molecule has 0 fully saturated rings. The van der Waals surface area contributed by atoms with E-state index in [-0.39, 0.29) is 0 Å². The Morgan fingerprint density at radius 1 is 1.13 bits per heavy atom. The summed E-state index contributed by atoms with van der Waals surface area (Å²) in [4.78, 5) is 0. The smallest absolute Gasteiger partial charge is 0.122 e. The van der Waals surface area contributed by atoms with Crippen LogP contribution in [0.5, 0.6) is 11.5 Å². The number of halogens is 1. The first-order valence-corrected chi connectivity index (χ1v) is 6.32. The molecule has 0 aromatic heterocycles. The van der Waals surface area contributed by atoms with E-state index in [9.17, 15) is 0 Å². The summed E-state index contributed by atoms with van der Waals surface area (Å²) in [6.07, 6.45) is 3.51. The van der Waals surface area contributed by atoms with Crippen LogP contribution in [0, 0.1) is 0 Å². The lowest BCUT2D eigenvalue weighted by Crippen LogP contribution is -1.97. The van der Waals surface area contributed by atoms with E-state index in [0.29, 0.717) is 0 Å². The molecule has 1 aromatic rings. The van der Waals surface area contributed by atoms with Crippen LogP contribution in [0.25, 0.3) is 0 Å². The normalized spacial score (nSPS) is 10.0. The molecule has 1 aromatic carbocycles. The van der Waals surface area contributed by atoms with Gasteiger partial charge in [0.05, 0.1) is 13.7 Å². The van der Waals surface area contributed by atoms with E-state index in [1.54, 1.807) is 7.11 Å². The van der Waals surface area contributed by atoms with Crippen molar-refractivity contribution in [1.82, 2.24) is 0 Å². The molecule has 0 amide bonds. The largest absolute Gasteiger partial charge is 0.497 e. The average molecular weight is 273 g/mol. The molecule has 0 aliphatic heterocycles. The number of methoxy groups -OCH3 is 1. The number of rotatable bonds is 7. The second-order valence-corrected chi connectivity index (χ2v) is 4.07. The van der Waals surface area contributed by atoms with E-state index in [1.807, 2.05) is 24.3 Å². The summed E-state index contributed by atoms with van der Waals surface area (Å²) in [5.41, 5.74) is 0. The fourth-order valence-electron chi connectivity index (χ4n) is 1.25. The third-order valence-corrected chi connectivity index (χ3v) is 2.65. The van der Waals surface area contributed by atoms with Gasteiger partial charge in [-0.25, -0.2) is 0 Å². The van der Waals surface area contributed by atoms with Crippen LogP contribution < -0.4 is 9.47 Å². The van der Waals surface area contributed by atoms with Crippen LogP contribution >= 0.6 is 15.9 Å². The zero-order valence-electron chi connectivity index (χ0n) is 9.04. The first-order chi connectivity index (χ1) is 7.36. The van der Waals surface area contributed by atoms with Crippen molar-refractivity contribution < 1.29 is 9.47 Å². The van der Waals surface area contributed by atoms with Gasteiger partial charge < -0.3 is 9.47 Å². The maximum atomic E-state index is 5.60. The molecule has 0 aliphatic carbocycles. The number of alkyl halides is 1. The van der Waals surface area contributed by atoms with Crippen LogP contribution in [0.3, 0.4) is 0 Å². The van der Waals surface area contributed by atoms with Gasteiger partial charge in [-0.1, -0.05) is 22.0 Å². The molecule has 0 bridgehead atoms. The van der Waals surface area contributed by atoms with Crippen molar-refractivity contribution >= 4 is 15.9 Å². The average Bonchev–Trinajstić information content (AvgIpc) is 2.29. The summed E-state index contributed by atoms with van der Waals surface area (Å²) in [5, 5.41) is 1.08. The summed E-state index contributed by atoms with van der Waals surface area (Å²) in [7, 11) is 1.66. The molecule has 0 atom stereocenters. The maximum absolute atomic E-state index is 5.60. The molecule has 0 spiro atoms. The van der Waals surface area contributed by atoms with Crippen LogP contribution in [-0.4, -0.2) is 19.0 Å². The Bertz CT molecular complexity index is 276. The maximum Gasteiger partial charge on any atom is 0.122 e. The minimum Gasteiger partial charge on any atom is -0.497 e. The third-order valence-electron chi connectivity index (χ3n) is 2.09. The third kappa shape index (κ3) is 5.07. The van der Waals surface area contributed by atoms with E-state index in [4.69, 9.17) is 9.47 Å². The Labute approximate surface area is 99.7 Å². The number of hydrogen-bond acceptors (Lipinski definition) is 2. The second-order valence-electron chi connectivity index (χ2n) is 3.28. The Kier molecular flexibility index (Phi) is 6.25. The summed E-state index contributed by atoms with van der Waals surface area (Å²) >= 11 is 3.41. The van der Waals surface area contributed by atoms with Gasteiger partial charge >= 0.3 is 0 Å². The minimum atomic E-state index is 0.778. The first-order valence-electron chi connectivity index (χ1n) is 5.19. The van der Waals surface area contributed by atoms with E-state index in [1.165, 1.54) is 12.8 Å². The predicted molar refractivity (Wildman–Crippen MR) is 66.1 cm³/mol. The Balaban J connectivity index is 2.24. The fourth-order valence-corrected chi connectivity index (χ4v) is 1.65. The van der Waals surface area contributed by atoms with Gasteiger partial charge in [-0.05, 0) is 31.4 Å². The van der Waals surface area contributed by atoms with Crippen molar-refractivity contribution in [3.05, 3.63) is 24.3 Å². The highest BCUT2D eigenvalue weighted by Crippen LogP contribution is 2.19. The van der Waals surface area contributed by atoms with Gasteiger partial charge in [0.2, 0.25) is 0 Å². The highest BCUT2D eigenvalue weighted by molar-refractivity contribution is 9.09. The van der Waals surface area contributed by atoms with E-state index >= 15 is 0 Å². The Hall–Kier alpha value is -0.700. The molecule has 15 heavy (non-hydrogen) atoms. The van der Waals surface area contributed by atoms with Crippen molar-refractivity contribution in [3.63, 3.8) is 0 Å². The summed E-state index contributed by atoms with van der Waals surface area (Å²) < 4.78 is 10.7. The molecule has 0 unspecified atom stereocenters. The van der Waals surface area contributed by atoms with Gasteiger partial charge in [-0.3, -0.25) is 0 Å². The van der Waals surface area contributed by atoms with E-state index < -0.39 is 0 Å². The SMILES string of the molecule is COc1cccc(OCCCCCBr)c1. The van der Waals surface area contributed by atoms with Gasteiger partial charge in [-0.2, -0.15) is 0 Å². The lowest BCUT2D eigenvalue weighted by molar-refractivity contribution is 0.304. The number of benzene rings is 1. The van der Waals surface area contributed by atoms with Gasteiger partial charge in [0.1, 0.15) is 11.5 Å². The zero-order valence-corrected chi connectivity index (χ0v) is 10.6. The van der Waals surface area contributed by atoms with E-state index in [0.717, 1.165) is 29.9 Å². The molecule has 0 aliphatic rings. The molecule has 0 radical (unpaired) electrons. The first kappa shape index (κ1) is 12.4. The van der Waals surface area contributed by atoms with Crippen molar-refractivity contribution in [2.24, 2.45) is 0 Å². The summed E-state index contributed by atoms with van der Waals surface area (Å²) in [6, 6.07) is 7.71. The second kappa shape index (κ2) is 7.57.